The number of benzene rings is 1. The third-order valence-corrected chi connectivity index (χ3v) is 5.06. The largest absolute Gasteiger partial charge is 0.492 e. The first-order chi connectivity index (χ1) is 14.9. The van der Waals surface area contributed by atoms with E-state index in [0.717, 1.165) is 49.9 Å². The number of nitrogens with zero attached hydrogens (tertiary/aromatic N) is 3. The molecular weight excluding hydrogens is 521 g/mol. The predicted octanol–water partition coefficient (Wildman–Crippen LogP) is 3.17. The van der Waals surface area contributed by atoms with Crippen LogP contribution in [-0.2, 0) is 23.2 Å². The first-order valence-corrected chi connectivity index (χ1v) is 10.9. The fraction of sp³-hybridized carbons (Fsp3) is 0.565. The lowest BCUT2D eigenvalue weighted by Crippen LogP contribution is -2.38. The SMILES string of the molecule is CN=C(NCc1cccc(OCCN2CCOCC2)c1)NCc1ncc(C(C)(C)C)o1.I. The molecule has 9 heteroatoms. The molecule has 3 rings (SSSR count). The maximum Gasteiger partial charge on any atom is 0.213 e. The monoisotopic (exact) mass is 557 g/mol. The Kier molecular flexibility index (Phi) is 10.7. The molecule has 1 saturated heterocycles. The van der Waals surface area contributed by atoms with Gasteiger partial charge >= 0.3 is 0 Å². The van der Waals surface area contributed by atoms with E-state index in [4.69, 9.17) is 13.9 Å². The number of rotatable bonds is 8. The second-order valence-corrected chi connectivity index (χ2v) is 8.60. The van der Waals surface area contributed by atoms with Crippen molar-refractivity contribution in [1.29, 1.82) is 0 Å². The quantitative estimate of drug-likeness (QED) is 0.293. The van der Waals surface area contributed by atoms with Gasteiger partial charge in [-0.2, -0.15) is 0 Å². The van der Waals surface area contributed by atoms with Crippen molar-refractivity contribution in [2.24, 2.45) is 4.99 Å². The van der Waals surface area contributed by atoms with Crippen molar-refractivity contribution in [2.75, 3.05) is 46.5 Å². The fourth-order valence-corrected chi connectivity index (χ4v) is 3.17. The van der Waals surface area contributed by atoms with Crippen LogP contribution in [0.5, 0.6) is 5.75 Å². The summed E-state index contributed by atoms with van der Waals surface area (Å²) in [5, 5.41) is 6.56. The number of aliphatic imine (C=N–C) groups is 1. The molecule has 1 aliphatic rings. The van der Waals surface area contributed by atoms with Crippen LogP contribution in [0.1, 0.15) is 38.0 Å². The molecule has 1 aromatic carbocycles. The molecule has 0 saturated carbocycles. The van der Waals surface area contributed by atoms with Gasteiger partial charge in [0.2, 0.25) is 5.89 Å². The summed E-state index contributed by atoms with van der Waals surface area (Å²) in [5.74, 6) is 3.08. The number of aromatic nitrogens is 1. The maximum absolute atomic E-state index is 5.94. The van der Waals surface area contributed by atoms with E-state index >= 15 is 0 Å². The summed E-state index contributed by atoms with van der Waals surface area (Å²) in [6.45, 7) is 12.6. The Balaban J connectivity index is 0.00000363. The minimum absolute atomic E-state index is 0. The Morgan fingerprint density at radius 2 is 1.94 bits per heavy atom. The average Bonchev–Trinajstić information content (AvgIpc) is 3.25. The molecule has 1 fully saturated rings. The fourth-order valence-electron chi connectivity index (χ4n) is 3.17. The summed E-state index contributed by atoms with van der Waals surface area (Å²) in [7, 11) is 1.75. The predicted molar refractivity (Wildman–Crippen MR) is 137 cm³/mol. The molecule has 32 heavy (non-hydrogen) atoms. The van der Waals surface area contributed by atoms with Crippen molar-refractivity contribution in [3.63, 3.8) is 0 Å². The van der Waals surface area contributed by atoms with Gasteiger partial charge in [0.15, 0.2) is 5.96 Å². The van der Waals surface area contributed by atoms with E-state index in [1.54, 1.807) is 13.2 Å². The van der Waals surface area contributed by atoms with E-state index in [9.17, 15) is 0 Å². The van der Waals surface area contributed by atoms with E-state index in [1.165, 1.54) is 0 Å². The third kappa shape index (κ3) is 8.59. The van der Waals surface area contributed by atoms with Crippen molar-refractivity contribution in [3.05, 3.63) is 47.7 Å². The van der Waals surface area contributed by atoms with Crippen LogP contribution in [0.2, 0.25) is 0 Å². The van der Waals surface area contributed by atoms with Crippen molar-refractivity contribution < 1.29 is 13.9 Å². The lowest BCUT2D eigenvalue weighted by molar-refractivity contribution is 0.0322. The highest BCUT2D eigenvalue weighted by Gasteiger charge is 2.19. The number of hydrogen-bond acceptors (Lipinski definition) is 6. The van der Waals surface area contributed by atoms with Crippen LogP contribution in [0.4, 0.5) is 0 Å². The number of hydrogen-bond donors (Lipinski definition) is 2. The van der Waals surface area contributed by atoms with Crippen LogP contribution in [0.3, 0.4) is 0 Å². The summed E-state index contributed by atoms with van der Waals surface area (Å²) in [4.78, 5) is 11.0. The number of nitrogens with one attached hydrogen (secondary N) is 2. The summed E-state index contributed by atoms with van der Waals surface area (Å²) in [6, 6.07) is 8.13. The Morgan fingerprint density at radius 1 is 1.19 bits per heavy atom. The molecule has 1 aromatic heterocycles. The highest BCUT2D eigenvalue weighted by molar-refractivity contribution is 14.0. The van der Waals surface area contributed by atoms with Gasteiger partial charge in [-0.15, -0.1) is 24.0 Å². The van der Waals surface area contributed by atoms with Gasteiger partial charge in [0.05, 0.1) is 26.0 Å². The van der Waals surface area contributed by atoms with E-state index in [2.05, 4.69) is 58.4 Å². The standard InChI is InChI=1S/C23H35N5O3.HI/c1-23(2,3)20-16-25-21(31-20)17-27-22(24-4)26-15-18-6-5-7-19(14-18)30-13-10-28-8-11-29-12-9-28;/h5-7,14,16H,8-13,15,17H2,1-4H3,(H2,24,26,27);1H. The molecule has 178 valence electrons. The Morgan fingerprint density at radius 3 is 2.62 bits per heavy atom. The van der Waals surface area contributed by atoms with Gasteiger partial charge in [0.25, 0.3) is 0 Å². The molecule has 0 bridgehead atoms. The van der Waals surface area contributed by atoms with Gasteiger partial charge in [-0.3, -0.25) is 9.89 Å². The molecule has 2 N–H and O–H groups in total. The zero-order valence-corrected chi connectivity index (χ0v) is 21.8. The molecule has 0 amide bonds. The first-order valence-electron chi connectivity index (χ1n) is 10.9. The summed E-state index contributed by atoms with van der Waals surface area (Å²) in [5.41, 5.74) is 1.07. The molecule has 0 aliphatic carbocycles. The lowest BCUT2D eigenvalue weighted by atomic mass is 9.94. The Bertz CT molecular complexity index is 844. The van der Waals surface area contributed by atoms with Crippen molar-refractivity contribution in [3.8, 4) is 5.75 Å². The Labute approximate surface area is 208 Å². The van der Waals surface area contributed by atoms with Crippen LogP contribution < -0.4 is 15.4 Å². The van der Waals surface area contributed by atoms with Crippen molar-refractivity contribution >= 4 is 29.9 Å². The Hall–Kier alpha value is -1.85. The van der Waals surface area contributed by atoms with E-state index < -0.39 is 0 Å². The molecule has 0 atom stereocenters. The van der Waals surface area contributed by atoms with Crippen LogP contribution in [0, 0.1) is 0 Å². The summed E-state index contributed by atoms with van der Waals surface area (Å²) < 4.78 is 17.1. The number of morpholine rings is 1. The normalized spacial score (nSPS) is 15.2. The molecule has 2 heterocycles. The number of ether oxygens (including phenoxy) is 2. The maximum atomic E-state index is 5.94. The zero-order chi connectivity index (χ0) is 22.1. The topological polar surface area (TPSA) is 84.2 Å². The van der Waals surface area contributed by atoms with E-state index in [1.807, 2.05) is 12.1 Å². The van der Waals surface area contributed by atoms with Crippen molar-refractivity contribution in [2.45, 2.75) is 39.3 Å². The number of halogens is 1. The minimum atomic E-state index is -0.0551. The van der Waals surface area contributed by atoms with E-state index in [0.29, 0.717) is 31.5 Å². The smallest absolute Gasteiger partial charge is 0.213 e. The summed E-state index contributed by atoms with van der Waals surface area (Å²) in [6.07, 6.45) is 1.79. The van der Waals surface area contributed by atoms with E-state index in [-0.39, 0.29) is 29.4 Å². The highest BCUT2D eigenvalue weighted by atomic mass is 127. The third-order valence-electron chi connectivity index (χ3n) is 5.06. The highest BCUT2D eigenvalue weighted by Crippen LogP contribution is 2.22. The molecule has 2 aromatic rings. The van der Waals surface area contributed by atoms with Crippen LogP contribution in [0.25, 0.3) is 0 Å². The number of guanidine groups is 1. The van der Waals surface area contributed by atoms with Gasteiger partial charge in [0.1, 0.15) is 18.1 Å². The second kappa shape index (κ2) is 13.0. The van der Waals surface area contributed by atoms with Gasteiger partial charge in [0, 0.05) is 38.6 Å². The second-order valence-electron chi connectivity index (χ2n) is 8.60. The number of oxazole rings is 1. The zero-order valence-electron chi connectivity index (χ0n) is 19.5. The molecule has 0 unspecified atom stereocenters. The molecule has 0 radical (unpaired) electrons. The average molecular weight is 557 g/mol. The molecule has 1 aliphatic heterocycles. The van der Waals surface area contributed by atoms with Crippen LogP contribution in [0.15, 0.2) is 39.9 Å². The molecular formula is C23H36IN5O3. The van der Waals surface area contributed by atoms with Gasteiger partial charge in [-0.1, -0.05) is 32.9 Å². The lowest BCUT2D eigenvalue weighted by Gasteiger charge is -2.26. The van der Waals surface area contributed by atoms with Crippen LogP contribution in [-0.4, -0.2) is 62.3 Å². The first kappa shape index (κ1) is 26.4. The van der Waals surface area contributed by atoms with Gasteiger partial charge < -0.3 is 24.5 Å². The van der Waals surface area contributed by atoms with Crippen molar-refractivity contribution in [1.82, 2.24) is 20.5 Å². The molecule has 0 spiro atoms. The molecule has 8 nitrogen and oxygen atoms in total. The van der Waals surface area contributed by atoms with Gasteiger partial charge in [-0.25, -0.2) is 4.98 Å². The van der Waals surface area contributed by atoms with Crippen LogP contribution >= 0.6 is 24.0 Å². The van der Waals surface area contributed by atoms with Gasteiger partial charge in [-0.05, 0) is 17.7 Å². The summed E-state index contributed by atoms with van der Waals surface area (Å²) >= 11 is 0. The minimum Gasteiger partial charge on any atom is -0.492 e.